The first-order valence-corrected chi connectivity index (χ1v) is 7.21. The fourth-order valence-corrected chi connectivity index (χ4v) is 2.17. The number of hydrogen-bond donors (Lipinski definition) is 1. The normalized spacial score (nSPS) is 11.2. The van der Waals surface area contributed by atoms with E-state index in [2.05, 4.69) is 25.2 Å². The number of hydrogen-bond acceptors (Lipinski definition) is 3. The van der Waals surface area contributed by atoms with E-state index < -0.39 is 0 Å². The minimum Gasteiger partial charge on any atom is -0.497 e. The smallest absolute Gasteiger partial charge is 0.187 e. The highest BCUT2D eigenvalue weighted by Gasteiger charge is 2.05. The molecule has 0 saturated heterocycles. The number of ketones is 1. The lowest BCUT2D eigenvalue weighted by Gasteiger charge is -2.11. The number of aryl methyl sites for hydroxylation is 1. The molecule has 0 atom stereocenters. The van der Waals surface area contributed by atoms with Gasteiger partial charge in [-0.05, 0) is 62.2 Å². The molecule has 0 aromatic heterocycles. The van der Waals surface area contributed by atoms with Gasteiger partial charge in [0.15, 0.2) is 5.78 Å². The fraction of sp³-hybridized carbons (Fsp3) is 0.211. The number of nitrogens with one attached hydrogen (secondary N) is 1. The average molecular weight is 295 g/mol. The number of carbonyl (C=O) groups excluding carboxylic acids is 1. The monoisotopic (exact) mass is 295 g/mol. The van der Waals surface area contributed by atoms with E-state index in [1.54, 1.807) is 37.5 Å². The van der Waals surface area contributed by atoms with E-state index in [-0.39, 0.29) is 5.78 Å². The average Bonchev–Trinajstić information content (AvgIpc) is 2.52. The minimum atomic E-state index is -0.0297. The van der Waals surface area contributed by atoms with Gasteiger partial charge in [0.1, 0.15) is 5.75 Å². The first-order valence-electron chi connectivity index (χ1n) is 7.21. The fourth-order valence-electron chi connectivity index (χ4n) is 2.17. The van der Waals surface area contributed by atoms with Gasteiger partial charge in [-0.2, -0.15) is 0 Å². The van der Waals surface area contributed by atoms with Crippen molar-refractivity contribution in [1.82, 2.24) is 0 Å². The van der Waals surface area contributed by atoms with Gasteiger partial charge in [-0.25, -0.2) is 0 Å². The van der Waals surface area contributed by atoms with Crippen molar-refractivity contribution in [1.29, 1.82) is 0 Å². The second-order valence-electron chi connectivity index (χ2n) is 5.29. The summed E-state index contributed by atoms with van der Waals surface area (Å²) in [6.45, 7) is 6.03. The molecule has 3 nitrogen and oxygen atoms in total. The van der Waals surface area contributed by atoms with E-state index in [4.69, 9.17) is 4.74 Å². The van der Waals surface area contributed by atoms with Gasteiger partial charge in [-0.1, -0.05) is 12.1 Å². The summed E-state index contributed by atoms with van der Waals surface area (Å²) in [5.74, 6) is 0.712. The van der Waals surface area contributed by atoms with Crippen molar-refractivity contribution in [3.8, 4) is 5.75 Å². The zero-order chi connectivity index (χ0) is 16.1. The van der Waals surface area contributed by atoms with E-state index in [0.29, 0.717) is 5.56 Å². The third-order valence-electron chi connectivity index (χ3n) is 3.66. The van der Waals surface area contributed by atoms with Crippen LogP contribution >= 0.6 is 0 Å². The van der Waals surface area contributed by atoms with Crippen LogP contribution in [0.1, 0.15) is 28.4 Å². The standard InChI is InChI=1S/C19H21NO2/c1-13-6-5-7-18(15(13)3)20-14(2)12-19(21)16-8-10-17(22-4)11-9-16/h5-12,20H,1-4H3/b14-12+. The summed E-state index contributed by atoms with van der Waals surface area (Å²) in [6, 6.07) is 13.2. The highest BCUT2D eigenvalue weighted by atomic mass is 16.5. The van der Waals surface area contributed by atoms with Crippen molar-refractivity contribution < 1.29 is 9.53 Å². The van der Waals surface area contributed by atoms with Crippen LogP contribution in [-0.2, 0) is 0 Å². The molecule has 0 spiro atoms. The van der Waals surface area contributed by atoms with Gasteiger partial charge in [0, 0.05) is 23.0 Å². The minimum absolute atomic E-state index is 0.0297. The molecular formula is C19H21NO2. The zero-order valence-electron chi connectivity index (χ0n) is 13.4. The van der Waals surface area contributed by atoms with E-state index in [1.807, 2.05) is 19.1 Å². The lowest BCUT2D eigenvalue weighted by Crippen LogP contribution is -2.03. The Morgan fingerprint density at radius 1 is 1.09 bits per heavy atom. The molecule has 0 fully saturated rings. The van der Waals surface area contributed by atoms with Crippen molar-refractivity contribution in [2.45, 2.75) is 20.8 Å². The molecule has 114 valence electrons. The van der Waals surface area contributed by atoms with Gasteiger partial charge >= 0.3 is 0 Å². The maximum Gasteiger partial charge on any atom is 0.187 e. The van der Waals surface area contributed by atoms with Crippen LogP contribution in [0.4, 0.5) is 5.69 Å². The maximum absolute atomic E-state index is 12.2. The van der Waals surface area contributed by atoms with Gasteiger partial charge in [0.05, 0.1) is 7.11 Å². The second kappa shape index (κ2) is 6.94. The molecule has 0 radical (unpaired) electrons. The molecule has 2 aromatic carbocycles. The molecule has 0 heterocycles. The van der Waals surface area contributed by atoms with Crippen molar-refractivity contribution >= 4 is 11.5 Å². The molecule has 22 heavy (non-hydrogen) atoms. The number of anilines is 1. The van der Waals surface area contributed by atoms with Crippen LogP contribution in [0.25, 0.3) is 0 Å². The highest BCUT2D eigenvalue weighted by Crippen LogP contribution is 2.20. The number of allylic oxidation sites excluding steroid dienone is 2. The van der Waals surface area contributed by atoms with Crippen LogP contribution in [0.5, 0.6) is 5.75 Å². The summed E-state index contributed by atoms with van der Waals surface area (Å²) in [6.07, 6.45) is 1.61. The quantitative estimate of drug-likeness (QED) is 0.651. The van der Waals surface area contributed by atoms with Crippen LogP contribution in [0.2, 0.25) is 0 Å². The molecule has 0 saturated carbocycles. The zero-order valence-corrected chi connectivity index (χ0v) is 13.4. The Hall–Kier alpha value is -2.55. The largest absolute Gasteiger partial charge is 0.497 e. The molecule has 0 aliphatic carbocycles. The Morgan fingerprint density at radius 3 is 2.41 bits per heavy atom. The first kappa shape index (κ1) is 15.8. The molecule has 0 aliphatic rings. The Bertz CT molecular complexity index is 700. The highest BCUT2D eigenvalue weighted by molar-refractivity contribution is 6.05. The molecule has 0 amide bonds. The number of rotatable bonds is 5. The predicted octanol–water partition coefficient (Wildman–Crippen LogP) is 4.51. The Morgan fingerprint density at radius 2 is 1.77 bits per heavy atom. The van der Waals surface area contributed by atoms with Gasteiger partial charge < -0.3 is 10.1 Å². The SMILES string of the molecule is COc1ccc(C(=O)/C=C(\C)Nc2cccc(C)c2C)cc1. The van der Waals surface area contributed by atoms with Crippen LogP contribution in [0, 0.1) is 13.8 Å². The van der Waals surface area contributed by atoms with Crippen LogP contribution in [0.3, 0.4) is 0 Å². The second-order valence-corrected chi connectivity index (χ2v) is 5.29. The van der Waals surface area contributed by atoms with Crippen LogP contribution < -0.4 is 10.1 Å². The molecule has 2 rings (SSSR count). The predicted molar refractivity (Wildman–Crippen MR) is 90.6 cm³/mol. The van der Waals surface area contributed by atoms with Crippen molar-refractivity contribution in [2.24, 2.45) is 0 Å². The Kier molecular flexibility index (Phi) is 4.99. The van der Waals surface area contributed by atoms with Gasteiger partial charge in [0.2, 0.25) is 0 Å². The maximum atomic E-state index is 12.2. The first-order chi connectivity index (χ1) is 10.5. The Labute approximate surface area is 131 Å². The summed E-state index contributed by atoms with van der Waals surface area (Å²) in [5, 5.41) is 3.29. The van der Waals surface area contributed by atoms with Crippen molar-refractivity contribution in [3.05, 3.63) is 70.9 Å². The topological polar surface area (TPSA) is 38.3 Å². The summed E-state index contributed by atoms with van der Waals surface area (Å²) >= 11 is 0. The van der Waals surface area contributed by atoms with Gasteiger partial charge in [0.25, 0.3) is 0 Å². The lowest BCUT2D eigenvalue weighted by atomic mass is 10.1. The van der Waals surface area contributed by atoms with Crippen molar-refractivity contribution in [2.75, 3.05) is 12.4 Å². The number of ether oxygens (including phenoxy) is 1. The number of methoxy groups -OCH3 is 1. The summed E-state index contributed by atoms with van der Waals surface area (Å²) < 4.78 is 5.09. The van der Waals surface area contributed by atoms with Gasteiger partial charge in [-0.3, -0.25) is 4.79 Å². The van der Waals surface area contributed by atoms with E-state index in [9.17, 15) is 4.79 Å². The van der Waals surface area contributed by atoms with E-state index in [0.717, 1.165) is 17.1 Å². The third-order valence-corrected chi connectivity index (χ3v) is 3.66. The lowest BCUT2D eigenvalue weighted by molar-refractivity contribution is 0.104. The summed E-state index contributed by atoms with van der Waals surface area (Å²) in [5.41, 5.74) is 4.89. The summed E-state index contributed by atoms with van der Waals surface area (Å²) in [4.78, 5) is 12.2. The van der Waals surface area contributed by atoms with Crippen molar-refractivity contribution in [3.63, 3.8) is 0 Å². The van der Waals surface area contributed by atoms with E-state index >= 15 is 0 Å². The van der Waals surface area contributed by atoms with E-state index in [1.165, 1.54) is 11.1 Å². The van der Waals surface area contributed by atoms with Crippen LogP contribution in [-0.4, -0.2) is 12.9 Å². The summed E-state index contributed by atoms with van der Waals surface area (Å²) in [7, 11) is 1.61. The molecule has 1 N–H and O–H groups in total. The Balaban J connectivity index is 2.13. The number of carbonyl (C=O) groups is 1. The molecule has 0 unspecified atom stereocenters. The van der Waals surface area contributed by atoms with Crippen LogP contribution in [0.15, 0.2) is 54.2 Å². The molecule has 2 aromatic rings. The molecular weight excluding hydrogens is 274 g/mol. The molecule has 3 heteroatoms. The van der Waals surface area contributed by atoms with Gasteiger partial charge in [-0.15, -0.1) is 0 Å². The molecule has 0 bridgehead atoms. The third kappa shape index (κ3) is 3.76. The number of benzene rings is 2. The molecule has 0 aliphatic heterocycles.